The second-order valence-electron chi connectivity index (χ2n) is 7.21. The van der Waals surface area contributed by atoms with Crippen LogP contribution < -0.4 is 15.9 Å². The van der Waals surface area contributed by atoms with E-state index in [1.54, 1.807) is 0 Å². The summed E-state index contributed by atoms with van der Waals surface area (Å²) in [6.45, 7) is 1.55. The van der Waals surface area contributed by atoms with Crippen LogP contribution in [0.1, 0.15) is 5.56 Å². The van der Waals surface area contributed by atoms with E-state index in [1.165, 1.54) is 21.5 Å². The van der Waals surface area contributed by atoms with Crippen LogP contribution in [0.15, 0.2) is 134 Å². The molecule has 0 aliphatic carbocycles. The summed E-state index contributed by atoms with van der Waals surface area (Å²) in [7, 11) is 0. The monoisotopic (exact) mass is 380 g/mol. The van der Waals surface area contributed by atoms with E-state index in [2.05, 4.69) is 134 Å². The van der Waals surface area contributed by atoms with Crippen molar-refractivity contribution in [1.82, 2.24) is 0 Å². The maximum absolute atomic E-state index is 4.49. The van der Waals surface area contributed by atoms with Crippen LogP contribution in [0.3, 0.4) is 0 Å². The molecule has 28 heavy (non-hydrogen) atoms. The van der Waals surface area contributed by atoms with Crippen LogP contribution in [-0.2, 0) is 6.16 Å². The first-order chi connectivity index (χ1) is 13.8. The van der Waals surface area contributed by atoms with Gasteiger partial charge in [0.2, 0.25) is 0 Å². The molecule has 0 aliphatic rings. The molecule has 0 nitrogen and oxygen atoms in total. The van der Waals surface area contributed by atoms with E-state index in [0.717, 1.165) is 6.16 Å². The van der Waals surface area contributed by atoms with Crippen LogP contribution in [0.2, 0.25) is 0 Å². The van der Waals surface area contributed by atoms with Crippen molar-refractivity contribution in [3.63, 3.8) is 0 Å². The molecule has 4 rings (SSSR count). The first kappa shape index (κ1) is 18.4. The summed E-state index contributed by atoms with van der Waals surface area (Å²) in [5.74, 6) is 2.28. The molecule has 0 aliphatic heterocycles. The summed E-state index contributed by atoms with van der Waals surface area (Å²) in [4.78, 5) is 0. The number of rotatable bonds is 6. The van der Waals surface area contributed by atoms with Crippen molar-refractivity contribution in [1.29, 1.82) is 0 Å². The topological polar surface area (TPSA) is 0 Å². The predicted octanol–water partition coefficient (Wildman–Crippen LogP) is 5.86. The molecule has 0 aromatic heterocycles. The molecule has 0 saturated carbocycles. The SMILES string of the molecule is C=CP(Cc1ccccc1)(c1ccccc1)(c1ccccc1)c1ccccc1. The number of hydrogen-bond donors (Lipinski definition) is 0. The van der Waals surface area contributed by atoms with Crippen molar-refractivity contribution in [2.24, 2.45) is 0 Å². The van der Waals surface area contributed by atoms with Gasteiger partial charge in [0.15, 0.2) is 0 Å². The maximum atomic E-state index is 4.49. The van der Waals surface area contributed by atoms with Crippen LogP contribution in [0.5, 0.6) is 0 Å². The molecule has 0 N–H and O–H groups in total. The molecule has 1 heteroatoms. The molecule has 0 bridgehead atoms. The Balaban J connectivity index is 2.16. The van der Waals surface area contributed by atoms with Gasteiger partial charge in [-0.1, -0.05) is 0 Å². The van der Waals surface area contributed by atoms with Crippen molar-refractivity contribution < 1.29 is 0 Å². The van der Waals surface area contributed by atoms with Gasteiger partial charge in [-0.3, -0.25) is 0 Å². The summed E-state index contributed by atoms with van der Waals surface area (Å²) in [5.41, 5.74) is 1.33. The molecular weight excluding hydrogens is 355 g/mol. The standard InChI is InChI=1S/C27H25P/c1-2-28(25-17-9-4-10-18-25,26-19-11-5-12-20-26,27-21-13-6-14-22-27)23-24-15-7-3-8-16-24/h2-22H,1,23H2. The first-order valence-electron chi connectivity index (χ1n) is 9.65. The molecular formula is C27H25P. The third kappa shape index (κ3) is 2.82. The Hall–Kier alpha value is -2.95. The van der Waals surface area contributed by atoms with Gasteiger partial charge in [-0.05, 0) is 0 Å². The van der Waals surface area contributed by atoms with Gasteiger partial charge in [-0.2, -0.15) is 0 Å². The Morgan fingerprint density at radius 2 is 0.821 bits per heavy atom. The molecule has 4 aromatic rings. The van der Waals surface area contributed by atoms with Crippen molar-refractivity contribution in [3.8, 4) is 0 Å². The molecule has 0 fully saturated rings. The minimum atomic E-state index is -2.94. The third-order valence-corrected chi connectivity index (χ3v) is 12.1. The van der Waals surface area contributed by atoms with Gasteiger partial charge in [0.05, 0.1) is 0 Å². The molecule has 0 radical (unpaired) electrons. The predicted molar refractivity (Wildman–Crippen MR) is 125 cm³/mol. The van der Waals surface area contributed by atoms with Crippen LogP contribution >= 0.6 is 6.60 Å². The van der Waals surface area contributed by atoms with Crippen LogP contribution in [0.4, 0.5) is 0 Å². The van der Waals surface area contributed by atoms with Gasteiger partial charge in [0, 0.05) is 0 Å². The zero-order valence-electron chi connectivity index (χ0n) is 16.0. The second kappa shape index (κ2) is 7.58. The Morgan fingerprint density at radius 1 is 0.500 bits per heavy atom. The summed E-state index contributed by atoms with van der Waals surface area (Å²) < 4.78 is 0. The number of hydrogen-bond acceptors (Lipinski definition) is 0. The summed E-state index contributed by atoms with van der Waals surface area (Å²) in [6, 6.07) is 43.7. The van der Waals surface area contributed by atoms with Crippen molar-refractivity contribution in [3.05, 3.63) is 139 Å². The quantitative estimate of drug-likeness (QED) is 0.368. The van der Waals surface area contributed by atoms with Crippen LogP contribution in [0, 0.1) is 0 Å². The van der Waals surface area contributed by atoms with E-state index in [0.29, 0.717) is 0 Å². The molecule has 0 unspecified atom stereocenters. The molecule has 0 saturated heterocycles. The van der Waals surface area contributed by atoms with Gasteiger partial charge in [-0.15, -0.1) is 0 Å². The van der Waals surface area contributed by atoms with E-state index in [9.17, 15) is 0 Å². The van der Waals surface area contributed by atoms with Gasteiger partial charge in [-0.25, -0.2) is 0 Å². The zero-order valence-corrected chi connectivity index (χ0v) is 16.9. The Labute approximate surface area is 168 Å². The number of benzene rings is 4. The summed E-state index contributed by atoms with van der Waals surface area (Å²) in [6.07, 6.45) is 0.925. The van der Waals surface area contributed by atoms with Gasteiger partial charge >= 0.3 is 168 Å². The van der Waals surface area contributed by atoms with Gasteiger partial charge < -0.3 is 0 Å². The first-order valence-corrected chi connectivity index (χ1v) is 12.1. The molecule has 138 valence electrons. The van der Waals surface area contributed by atoms with Crippen LogP contribution in [0.25, 0.3) is 0 Å². The van der Waals surface area contributed by atoms with E-state index < -0.39 is 6.60 Å². The Morgan fingerprint density at radius 3 is 1.14 bits per heavy atom. The normalized spacial score (nSPS) is 12.6. The molecule has 0 atom stereocenters. The van der Waals surface area contributed by atoms with Gasteiger partial charge in [0.1, 0.15) is 0 Å². The molecule has 0 amide bonds. The average Bonchev–Trinajstić information content (AvgIpc) is 2.80. The minimum absolute atomic E-state index is 0.925. The molecule has 0 heterocycles. The fourth-order valence-electron chi connectivity index (χ4n) is 4.37. The zero-order chi connectivity index (χ0) is 19.3. The van der Waals surface area contributed by atoms with Crippen LogP contribution in [-0.4, -0.2) is 0 Å². The molecule has 4 aromatic carbocycles. The van der Waals surface area contributed by atoms with E-state index in [4.69, 9.17) is 0 Å². The fraction of sp³-hybridized carbons (Fsp3) is 0.0370. The summed E-state index contributed by atoms with van der Waals surface area (Å²) in [5, 5.41) is 4.05. The summed E-state index contributed by atoms with van der Waals surface area (Å²) >= 11 is 0. The van der Waals surface area contributed by atoms with E-state index >= 15 is 0 Å². The fourth-order valence-corrected chi connectivity index (χ4v) is 10.1. The Bertz CT molecular complexity index is 939. The van der Waals surface area contributed by atoms with Crippen molar-refractivity contribution in [2.45, 2.75) is 6.16 Å². The van der Waals surface area contributed by atoms with Gasteiger partial charge in [0.25, 0.3) is 0 Å². The van der Waals surface area contributed by atoms with Crippen molar-refractivity contribution >= 4 is 22.5 Å². The third-order valence-electron chi connectivity index (χ3n) is 5.79. The van der Waals surface area contributed by atoms with E-state index in [-0.39, 0.29) is 0 Å². The molecule has 0 spiro atoms. The average molecular weight is 380 g/mol. The Kier molecular flexibility index (Phi) is 4.99. The second-order valence-corrected chi connectivity index (χ2v) is 12.2. The van der Waals surface area contributed by atoms with E-state index in [1.807, 2.05) is 0 Å². The van der Waals surface area contributed by atoms with Crippen molar-refractivity contribution in [2.75, 3.05) is 0 Å².